The predicted molar refractivity (Wildman–Crippen MR) is 102 cm³/mol. The average Bonchev–Trinajstić information content (AvgIpc) is 3.11. The number of amides is 2. The van der Waals surface area contributed by atoms with Crippen molar-refractivity contribution >= 4 is 33.0 Å². The monoisotopic (exact) mass is 394 g/mol. The fraction of sp³-hybridized carbons (Fsp3) is 0.333. The minimum Gasteiger partial charge on any atom is -0.346 e. The van der Waals surface area contributed by atoms with E-state index in [4.69, 9.17) is 0 Å². The van der Waals surface area contributed by atoms with Crippen LogP contribution in [0.25, 0.3) is 0 Å². The molecular formula is C18H22N2O4S2. The number of sulfone groups is 1. The number of rotatable bonds is 6. The van der Waals surface area contributed by atoms with Gasteiger partial charge in [0.15, 0.2) is 9.84 Å². The zero-order valence-corrected chi connectivity index (χ0v) is 16.5. The van der Waals surface area contributed by atoms with E-state index in [1.54, 1.807) is 37.4 Å². The van der Waals surface area contributed by atoms with Crippen LogP contribution in [0.15, 0.2) is 46.0 Å². The van der Waals surface area contributed by atoms with E-state index in [1.165, 1.54) is 6.07 Å². The van der Waals surface area contributed by atoms with Crippen LogP contribution >= 0.6 is 11.3 Å². The lowest BCUT2D eigenvalue weighted by molar-refractivity contribution is -0.139. The van der Waals surface area contributed by atoms with Gasteiger partial charge >= 0.3 is 11.8 Å². The van der Waals surface area contributed by atoms with Gasteiger partial charge in [-0.3, -0.25) is 9.59 Å². The Kier molecular flexibility index (Phi) is 6.55. The van der Waals surface area contributed by atoms with Crippen LogP contribution in [0.3, 0.4) is 0 Å². The van der Waals surface area contributed by atoms with Crippen molar-refractivity contribution in [1.29, 1.82) is 0 Å². The quantitative estimate of drug-likeness (QED) is 0.735. The summed E-state index contributed by atoms with van der Waals surface area (Å²) in [5.41, 5.74) is 1.56. The Labute approximate surface area is 157 Å². The Morgan fingerprint density at radius 3 is 2.27 bits per heavy atom. The van der Waals surface area contributed by atoms with E-state index in [2.05, 4.69) is 10.6 Å². The molecule has 0 saturated heterocycles. The molecule has 0 unspecified atom stereocenters. The third-order valence-corrected chi connectivity index (χ3v) is 7.21. The Hall–Kier alpha value is -2.19. The highest BCUT2D eigenvalue weighted by molar-refractivity contribution is 7.93. The van der Waals surface area contributed by atoms with Crippen LogP contribution < -0.4 is 10.6 Å². The Balaban J connectivity index is 2.26. The molecule has 1 aromatic carbocycles. The lowest BCUT2D eigenvalue weighted by Crippen LogP contribution is -2.44. The van der Waals surface area contributed by atoms with Crippen LogP contribution in [0.5, 0.6) is 0 Å². The second-order valence-corrected chi connectivity index (χ2v) is 9.52. The van der Waals surface area contributed by atoms with Crippen molar-refractivity contribution in [2.45, 2.75) is 36.3 Å². The molecule has 2 aromatic rings. The topological polar surface area (TPSA) is 92.3 Å². The van der Waals surface area contributed by atoms with Gasteiger partial charge in [-0.2, -0.15) is 0 Å². The highest BCUT2D eigenvalue weighted by Crippen LogP contribution is 2.31. The lowest BCUT2D eigenvalue weighted by atomic mass is 10.1. The van der Waals surface area contributed by atoms with E-state index < -0.39 is 26.9 Å². The first kappa shape index (κ1) is 20.1. The van der Waals surface area contributed by atoms with Crippen molar-refractivity contribution < 1.29 is 18.0 Å². The summed E-state index contributed by atoms with van der Waals surface area (Å²) in [5.74, 6) is -1.63. The molecule has 2 N–H and O–H groups in total. The second kappa shape index (κ2) is 8.46. The first-order chi connectivity index (χ1) is 12.2. The largest absolute Gasteiger partial charge is 0.346 e. The number of nitrogens with one attached hydrogen (secondary N) is 2. The summed E-state index contributed by atoms with van der Waals surface area (Å²) in [6.07, 6.45) is 0. The molecular weight excluding hydrogens is 372 g/mol. The lowest BCUT2D eigenvalue weighted by Gasteiger charge is -2.18. The van der Waals surface area contributed by atoms with Crippen LogP contribution in [0, 0.1) is 6.92 Å². The molecule has 1 aromatic heterocycles. The van der Waals surface area contributed by atoms with Gasteiger partial charge in [-0.25, -0.2) is 8.42 Å². The molecule has 1 heterocycles. The number of aryl methyl sites for hydroxylation is 1. The summed E-state index contributed by atoms with van der Waals surface area (Å²) in [6.45, 7) is 5.20. The Morgan fingerprint density at radius 1 is 1.08 bits per heavy atom. The minimum atomic E-state index is -3.70. The van der Waals surface area contributed by atoms with Crippen LogP contribution in [0.4, 0.5) is 0 Å². The summed E-state index contributed by atoms with van der Waals surface area (Å²) in [4.78, 5) is 23.7. The molecule has 0 saturated carbocycles. The summed E-state index contributed by atoms with van der Waals surface area (Å²) in [6, 6.07) is 10.1. The van der Waals surface area contributed by atoms with E-state index in [9.17, 15) is 18.0 Å². The van der Waals surface area contributed by atoms with Gasteiger partial charge in [0.25, 0.3) is 0 Å². The van der Waals surface area contributed by atoms with E-state index >= 15 is 0 Å². The molecule has 1 atom stereocenters. The number of benzene rings is 1. The minimum absolute atomic E-state index is 0.184. The van der Waals surface area contributed by atoms with Crippen molar-refractivity contribution in [1.82, 2.24) is 10.6 Å². The van der Waals surface area contributed by atoms with Crippen LogP contribution in [-0.2, 0) is 19.4 Å². The summed E-state index contributed by atoms with van der Waals surface area (Å²) < 4.78 is 26.2. The molecule has 2 amide bonds. The first-order valence-corrected chi connectivity index (χ1v) is 10.6. The first-order valence-electron chi connectivity index (χ1n) is 8.14. The van der Waals surface area contributed by atoms with Crippen molar-refractivity contribution in [2.24, 2.45) is 0 Å². The highest BCUT2D eigenvalue weighted by atomic mass is 32.2. The normalized spacial score (nSPS) is 12.6. The van der Waals surface area contributed by atoms with Gasteiger partial charge in [0.1, 0.15) is 9.46 Å². The zero-order valence-electron chi connectivity index (χ0n) is 14.9. The standard InChI is InChI=1S/C18H22N2O4S2/c1-12(2)20-18(22)17(21)19-11-15(14-8-6-13(3)7-9-14)26(23,24)16-5-4-10-25-16/h4-10,12,15H,11H2,1-3H3,(H,19,21)(H,20,22)/t15-/m1/s1. The van der Waals surface area contributed by atoms with Gasteiger partial charge < -0.3 is 10.6 Å². The SMILES string of the molecule is Cc1ccc([C@@H](CNC(=O)C(=O)NC(C)C)S(=O)(=O)c2cccs2)cc1. The van der Waals surface area contributed by atoms with Gasteiger partial charge in [0.2, 0.25) is 0 Å². The molecule has 0 aliphatic carbocycles. The number of carbonyl (C=O) groups is 2. The Morgan fingerprint density at radius 2 is 1.73 bits per heavy atom. The van der Waals surface area contributed by atoms with E-state index in [0.29, 0.717) is 5.56 Å². The fourth-order valence-corrected chi connectivity index (χ4v) is 5.21. The number of thiophene rings is 1. The van der Waals surface area contributed by atoms with Crippen molar-refractivity contribution in [3.8, 4) is 0 Å². The highest BCUT2D eigenvalue weighted by Gasteiger charge is 2.31. The van der Waals surface area contributed by atoms with Crippen molar-refractivity contribution in [2.75, 3.05) is 6.54 Å². The third kappa shape index (κ3) is 4.92. The smallest absolute Gasteiger partial charge is 0.309 e. The molecule has 6 nitrogen and oxygen atoms in total. The van der Waals surface area contributed by atoms with Gasteiger partial charge in [-0.1, -0.05) is 35.9 Å². The molecule has 26 heavy (non-hydrogen) atoms. The van der Waals surface area contributed by atoms with Crippen molar-refractivity contribution in [3.63, 3.8) is 0 Å². The molecule has 0 spiro atoms. The fourth-order valence-electron chi connectivity index (χ4n) is 2.35. The van der Waals surface area contributed by atoms with Crippen molar-refractivity contribution in [3.05, 3.63) is 52.9 Å². The molecule has 2 rings (SSSR count). The molecule has 0 bridgehead atoms. The second-order valence-electron chi connectivity index (χ2n) is 6.21. The maximum atomic E-state index is 13.0. The number of hydrogen-bond donors (Lipinski definition) is 2. The number of carbonyl (C=O) groups excluding carboxylic acids is 2. The van der Waals surface area contributed by atoms with Gasteiger partial charge in [0.05, 0.1) is 0 Å². The number of hydrogen-bond acceptors (Lipinski definition) is 5. The third-order valence-electron chi connectivity index (χ3n) is 3.67. The summed E-state index contributed by atoms with van der Waals surface area (Å²) >= 11 is 1.13. The zero-order chi connectivity index (χ0) is 19.3. The predicted octanol–water partition coefficient (Wildman–Crippen LogP) is 2.21. The van der Waals surface area contributed by atoms with Crippen LogP contribution in [-0.4, -0.2) is 32.8 Å². The molecule has 140 valence electrons. The summed E-state index contributed by atoms with van der Waals surface area (Å²) in [7, 11) is -3.70. The Bertz CT molecular complexity index is 857. The van der Waals surface area contributed by atoms with E-state index in [0.717, 1.165) is 16.9 Å². The van der Waals surface area contributed by atoms with Gasteiger partial charge in [0, 0.05) is 12.6 Å². The maximum absolute atomic E-state index is 13.0. The van der Waals surface area contributed by atoms with Gasteiger partial charge in [-0.05, 0) is 37.8 Å². The maximum Gasteiger partial charge on any atom is 0.309 e. The molecule has 0 aliphatic heterocycles. The van der Waals surface area contributed by atoms with Gasteiger partial charge in [-0.15, -0.1) is 11.3 Å². The summed E-state index contributed by atoms with van der Waals surface area (Å²) in [5, 5.41) is 5.64. The molecule has 0 fully saturated rings. The van der Waals surface area contributed by atoms with E-state index in [-0.39, 0.29) is 16.8 Å². The van der Waals surface area contributed by atoms with Crippen LogP contribution in [0.1, 0.15) is 30.2 Å². The molecule has 8 heteroatoms. The van der Waals surface area contributed by atoms with Crippen LogP contribution in [0.2, 0.25) is 0 Å². The molecule has 0 aliphatic rings. The average molecular weight is 395 g/mol. The molecule has 0 radical (unpaired) electrons. The van der Waals surface area contributed by atoms with E-state index in [1.807, 2.05) is 19.1 Å².